The zero-order valence-corrected chi connectivity index (χ0v) is 10.1. The van der Waals surface area contributed by atoms with Gasteiger partial charge in [-0.15, -0.1) is 0 Å². The van der Waals surface area contributed by atoms with E-state index in [2.05, 4.69) is 20.8 Å². The van der Waals surface area contributed by atoms with Gasteiger partial charge < -0.3 is 10.6 Å². The highest BCUT2D eigenvalue weighted by molar-refractivity contribution is 5.76. The number of rotatable bonds is 4. The molecule has 0 aromatic heterocycles. The van der Waals surface area contributed by atoms with E-state index < -0.39 is 0 Å². The van der Waals surface area contributed by atoms with Gasteiger partial charge in [0.05, 0.1) is 0 Å². The Morgan fingerprint density at radius 3 is 2.29 bits per heavy atom. The summed E-state index contributed by atoms with van der Waals surface area (Å²) in [7, 11) is 1.86. The van der Waals surface area contributed by atoms with Crippen LogP contribution in [0, 0.1) is 11.3 Å². The summed E-state index contributed by atoms with van der Waals surface area (Å²) in [5.74, 6) is 0.475. The van der Waals surface area contributed by atoms with Crippen molar-refractivity contribution < 1.29 is 4.79 Å². The summed E-state index contributed by atoms with van der Waals surface area (Å²) in [6, 6.07) is 0. The second-order valence-electron chi connectivity index (χ2n) is 5.36. The molecule has 84 valence electrons. The van der Waals surface area contributed by atoms with Crippen LogP contribution in [0.4, 0.5) is 0 Å². The molecule has 0 aromatic rings. The Hall–Kier alpha value is -0.570. The summed E-state index contributed by atoms with van der Waals surface area (Å²) in [6.07, 6.45) is 0.559. The first-order valence-corrected chi connectivity index (χ1v) is 5.20. The Bertz CT molecular complexity index is 184. The zero-order valence-electron chi connectivity index (χ0n) is 10.1. The maximum Gasteiger partial charge on any atom is 0.222 e. The van der Waals surface area contributed by atoms with Gasteiger partial charge in [-0.2, -0.15) is 0 Å². The molecule has 0 aliphatic carbocycles. The van der Waals surface area contributed by atoms with E-state index in [0.717, 1.165) is 6.54 Å². The van der Waals surface area contributed by atoms with Gasteiger partial charge in [0.15, 0.2) is 0 Å². The lowest BCUT2D eigenvalue weighted by atomic mass is 9.96. The van der Waals surface area contributed by atoms with Crippen LogP contribution in [0.2, 0.25) is 0 Å². The van der Waals surface area contributed by atoms with E-state index in [0.29, 0.717) is 13.0 Å². The van der Waals surface area contributed by atoms with Gasteiger partial charge in [-0.3, -0.25) is 4.79 Å². The number of nitrogens with two attached hydrogens (primary N) is 1. The molecular formula is C11H24N2O. The molecule has 3 heteroatoms. The molecule has 0 aromatic carbocycles. The molecule has 0 bridgehead atoms. The van der Waals surface area contributed by atoms with Crippen LogP contribution in [0.3, 0.4) is 0 Å². The number of nitrogens with zero attached hydrogens (tertiary/aromatic N) is 1. The third-order valence-electron chi connectivity index (χ3n) is 2.06. The Balaban J connectivity index is 4.00. The van der Waals surface area contributed by atoms with E-state index in [-0.39, 0.29) is 17.2 Å². The van der Waals surface area contributed by atoms with Crippen LogP contribution in [-0.4, -0.2) is 30.9 Å². The number of carbonyl (C=O) groups is 1. The molecule has 0 fully saturated rings. The van der Waals surface area contributed by atoms with E-state index in [4.69, 9.17) is 5.73 Å². The number of hydrogen-bond acceptors (Lipinski definition) is 2. The van der Waals surface area contributed by atoms with Crippen LogP contribution in [-0.2, 0) is 4.79 Å². The molecule has 0 aliphatic rings. The first kappa shape index (κ1) is 13.4. The molecule has 1 amide bonds. The molecule has 2 N–H and O–H groups in total. The van der Waals surface area contributed by atoms with Crippen LogP contribution >= 0.6 is 0 Å². The van der Waals surface area contributed by atoms with Gasteiger partial charge >= 0.3 is 0 Å². The summed E-state index contributed by atoms with van der Waals surface area (Å²) in [4.78, 5) is 13.5. The quantitative estimate of drug-likeness (QED) is 0.747. The topological polar surface area (TPSA) is 46.3 Å². The molecule has 0 heterocycles. The highest BCUT2D eigenvalue weighted by Gasteiger charge is 2.18. The van der Waals surface area contributed by atoms with Gasteiger partial charge in [-0.05, 0) is 17.9 Å². The van der Waals surface area contributed by atoms with Gasteiger partial charge in [0.25, 0.3) is 0 Å². The molecule has 0 saturated heterocycles. The van der Waals surface area contributed by atoms with Crippen molar-refractivity contribution in [1.82, 2.24) is 4.90 Å². The summed E-state index contributed by atoms with van der Waals surface area (Å²) >= 11 is 0. The van der Waals surface area contributed by atoms with Crippen molar-refractivity contribution in [3.63, 3.8) is 0 Å². The Kier molecular flexibility index (Phi) is 5.13. The summed E-state index contributed by atoms with van der Waals surface area (Å²) in [6.45, 7) is 9.76. The van der Waals surface area contributed by atoms with Crippen LogP contribution in [0.5, 0.6) is 0 Å². The Labute approximate surface area is 87.6 Å². The van der Waals surface area contributed by atoms with E-state index in [9.17, 15) is 4.79 Å². The predicted molar refractivity (Wildman–Crippen MR) is 59.9 cm³/mol. The van der Waals surface area contributed by atoms with Gasteiger partial charge in [-0.25, -0.2) is 0 Å². The Morgan fingerprint density at radius 1 is 1.43 bits per heavy atom. The molecule has 0 rings (SSSR count). The standard InChI is InChI=1S/C11H24N2O/c1-9(7-12)6-10(14)13(5)8-11(2,3)4/h9H,6-8,12H2,1-5H3. The molecule has 14 heavy (non-hydrogen) atoms. The van der Waals surface area contributed by atoms with E-state index in [1.54, 1.807) is 4.90 Å². The van der Waals surface area contributed by atoms with Crippen LogP contribution in [0.25, 0.3) is 0 Å². The average Bonchev–Trinajstić information content (AvgIpc) is 2.00. The van der Waals surface area contributed by atoms with Crippen molar-refractivity contribution in [2.45, 2.75) is 34.1 Å². The fraction of sp³-hybridized carbons (Fsp3) is 0.909. The maximum atomic E-state index is 11.7. The highest BCUT2D eigenvalue weighted by atomic mass is 16.2. The fourth-order valence-electron chi connectivity index (χ4n) is 1.34. The average molecular weight is 200 g/mol. The zero-order chi connectivity index (χ0) is 11.4. The van der Waals surface area contributed by atoms with Gasteiger partial charge in [0.2, 0.25) is 5.91 Å². The SMILES string of the molecule is CC(CN)CC(=O)N(C)CC(C)(C)C. The molecular weight excluding hydrogens is 176 g/mol. The van der Waals surface area contributed by atoms with Crippen molar-refractivity contribution in [3.05, 3.63) is 0 Å². The lowest BCUT2D eigenvalue weighted by Crippen LogP contribution is -2.35. The number of hydrogen-bond donors (Lipinski definition) is 1. The van der Waals surface area contributed by atoms with Crippen molar-refractivity contribution in [3.8, 4) is 0 Å². The van der Waals surface area contributed by atoms with Crippen molar-refractivity contribution in [1.29, 1.82) is 0 Å². The smallest absolute Gasteiger partial charge is 0.222 e. The lowest BCUT2D eigenvalue weighted by Gasteiger charge is -2.27. The van der Waals surface area contributed by atoms with Gasteiger partial charge in [-0.1, -0.05) is 27.7 Å². The second kappa shape index (κ2) is 5.35. The molecule has 1 atom stereocenters. The minimum Gasteiger partial charge on any atom is -0.345 e. The predicted octanol–water partition coefficient (Wildman–Crippen LogP) is 1.48. The van der Waals surface area contributed by atoms with Gasteiger partial charge in [0.1, 0.15) is 0 Å². The normalized spacial score (nSPS) is 13.9. The maximum absolute atomic E-state index is 11.7. The van der Waals surface area contributed by atoms with E-state index in [1.807, 2.05) is 14.0 Å². The third kappa shape index (κ3) is 5.97. The molecule has 3 nitrogen and oxygen atoms in total. The summed E-state index contributed by atoms with van der Waals surface area (Å²) < 4.78 is 0. The van der Waals surface area contributed by atoms with Crippen LogP contribution in [0.1, 0.15) is 34.1 Å². The monoisotopic (exact) mass is 200 g/mol. The number of carbonyl (C=O) groups excluding carboxylic acids is 1. The molecule has 0 saturated carbocycles. The fourth-order valence-corrected chi connectivity index (χ4v) is 1.34. The van der Waals surface area contributed by atoms with E-state index in [1.165, 1.54) is 0 Å². The largest absolute Gasteiger partial charge is 0.345 e. The second-order valence-corrected chi connectivity index (χ2v) is 5.36. The molecule has 1 unspecified atom stereocenters. The molecule has 0 radical (unpaired) electrons. The lowest BCUT2D eigenvalue weighted by molar-refractivity contribution is -0.131. The van der Waals surface area contributed by atoms with Crippen LogP contribution in [0.15, 0.2) is 0 Å². The Morgan fingerprint density at radius 2 is 1.93 bits per heavy atom. The third-order valence-corrected chi connectivity index (χ3v) is 2.06. The van der Waals surface area contributed by atoms with E-state index >= 15 is 0 Å². The van der Waals surface area contributed by atoms with Crippen molar-refractivity contribution >= 4 is 5.91 Å². The summed E-state index contributed by atoms with van der Waals surface area (Å²) in [5.41, 5.74) is 5.64. The minimum atomic E-state index is 0.163. The number of amides is 1. The van der Waals surface area contributed by atoms with Crippen LogP contribution < -0.4 is 5.73 Å². The van der Waals surface area contributed by atoms with Crippen molar-refractivity contribution in [2.75, 3.05) is 20.1 Å². The first-order valence-electron chi connectivity index (χ1n) is 5.20. The van der Waals surface area contributed by atoms with Gasteiger partial charge in [0, 0.05) is 20.0 Å². The first-order chi connectivity index (χ1) is 6.26. The molecule has 0 aliphatic heterocycles. The summed E-state index contributed by atoms with van der Waals surface area (Å²) in [5, 5.41) is 0. The molecule has 0 spiro atoms. The van der Waals surface area contributed by atoms with Crippen molar-refractivity contribution in [2.24, 2.45) is 17.1 Å². The highest BCUT2D eigenvalue weighted by Crippen LogP contribution is 2.15. The minimum absolute atomic E-state index is 0.163.